The van der Waals surface area contributed by atoms with E-state index < -0.39 is 44.6 Å². The van der Waals surface area contributed by atoms with Crippen LogP contribution in [0.25, 0.3) is 133 Å². The van der Waals surface area contributed by atoms with Crippen LogP contribution in [0.5, 0.6) is 0 Å². The van der Waals surface area contributed by atoms with Crippen LogP contribution in [0.15, 0.2) is 188 Å². The fourth-order valence-corrected chi connectivity index (χ4v) is 14.5. The van der Waals surface area contributed by atoms with Gasteiger partial charge in [-0.25, -0.2) is 38.2 Å². The Balaban J connectivity index is 0.000000122. The lowest BCUT2D eigenvalue weighted by Crippen LogP contribution is -2.31. The number of hydrogen-bond acceptors (Lipinski definition) is 8. The van der Waals surface area contributed by atoms with E-state index in [1.165, 1.54) is 5.56 Å². The van der Waals surface area contributed by atoms with E-state index >= 15 is 0 Å². The van der Waals surface area contributed by atoms with Crippen molar-refractivity contribution >= 4 is 88.3 Å². The van der Waals surface area contributed by atoms with Crippen LogP contribution in [0.2, 0.25) is 0 Å². The molecule has 512 valence electrons. The van der Waals surface area contributed by atoms with Gasteiger partial charge in [0.25, 0.3) is 0 Å². The van der Waals surface area contributed by atoms with Gasteiger partial charge in [0.1, 0.15) is 28.2 Å². The second-order valence-corrected chi connectivity index (χ2v) is 27.2. The Kier molecular flexibility index (Phi) is 14.2. The molecular weight excluding hydrogens is 1260 g/mol. The van der Waals surface area contributed by atoms with Crippen molar-refractivity contribution in [3.63, 3.8) is 0 Å². The quantitative estimate of drug-likeness (QED) is 0.145. The Labute approximate surface area is 616 Å². The average Bonchev–Trinajstić information content (AvgIpc) is 1.47. The van der Waals surface area contributed by atoms with Gasteiger partial charge in [0.15, 0.2) is 47.1 Å². The van der Waals surface area contributed by atoms with Crippen LogP contribution in [0.1, 0.15) is 163 Å². The van der Waals surface area contributed by atoms with Crippen molar-refractivity contribution in [2.45, 2.75) is 145 Å². The van der Waals surface area contributed by atoms with Crippen molar-refractivity contribution in [2.24, 2.45) is 28.2 Å². The highest BCUT2D eigenvalue weighted by molar-refractivity contribution is 6.12. The third kappa shape index (κ3) is 12.7. The van der Waals surface area contributed by atoms with Gasteiger partial charge in [-0.2, -0.15) is 0 Å². The van der Waals surface area contributed by atoms with Crippen LogP contribution in [-0.4, -0.2) is 19.9 Å². The second-order valence-electron chi connectivity index (χ2n) is 27.2. The standard InChI is InChI=1S/C25H27N2O.C24H25N2O.C21H21N2O.C20H19N2O/c1-16-9-14-22(27(3)15-16)23-17(2)10-11-19-20-12-13-21(18-7-5-4-6-8-18)26-25(20)28-24(19)23;1-15-8-13-21(26(3)14-15)22-16(2)9-10-18-19-11-12-20(17-6-4-5-7-17)25-24(19)27-23(18)22;1-5-15-8-10-17-16-9-7-14(3)19(20(16)24-21(17)22-15)18-11-6-13(2)12-23(18)4;1-12-5-10-17(22(4)11-12)18-13(2)6-8-15-16-9-7-14(3)21-20(16)23-19(15)18/h9-15,18H,4-8H2,1-3H3;8-14,17H,4-7H2,1-3H3;6-12H,5H2,1-4H3;5-11H,1-4H3/q4*+1/i7D2,8D2,18D;6D2,17D;2D3;1D3. The van der Waals surface area contributed by atoms with Gasteiger partial charge in [0.05, 0.1) is 22.3 Å². The molecule has 12 aromatic heterocycles. The normalized spacial score (nSPS) is 18.9. The number of pyridine rings is 8. The first kappa shape index (κ1) is 52.3. The minimum absolute atomic E-state index is 0.0721. The van der Waals surface area contributed by atoms with E-state index in [0.29, 0.717) is 70.9 Å². The Morgan fingerprint density at radius 2 is 0.696 bits per heavy atom. The topological polar surface area (TPSA) is 120 Å². The Morgan fingerprint density at radius 1 is 0.363 bits per heavy atom. The molecule has 12 heterocycles. The lowest BCUT2D eigenvalue weighted by Gasteiger charge is -2.20. The molecule has 0 N–H and O–H groups in total. The molecule has 2 aliphatic carbocycles. The van der Waals surface area contributed by atoms with Crippen molar-refractivity contribution in [3.8, 4) is 45.0 Å². The summed E-state index contributed by atoms with van der Waals surface area (Å²) in [6.45, 7) is 12.0. The summed E-state index contributed by atoms with van der Waals surface area (Å²) in [5.41, 5.74) is 22.5. The van der Waals surface area contributed by atoms with Gasteiger partial charge in [-0.15, -0.1) is 0 Å². The molecule has 0 spiro atoms. The summed E-state index contributed by atoms with van der Waals surface area (Å²) < 4.78 is 147. The number of fused-ring (bicyclic) bond motifs is 12. The third-order valence-electron chi connectivity index (χ3n) is 19.7. The predicted molar refractivity (Wildman–Crippen MR) is 412 cm³/mol. The van der Waals surface area contributed by atoms with Crippen molar-refractivity contribution < 1.29 is 55.1 Å². The van der Waals surface area contributed by atoms with Crippen LogP contribution in [-0.2, 0) is 34.6 Å². The largest absolute Gasteiger partial charge is 0.437 e. The predicted octanol–water partition coefficient (Wildman–Crippen LogP) is 20.9. The molecule has 12 heteroatoms. The van der Waals surface area contributed by atoms with Gasteiger partial charge in [0.2, 0.25) is 45.6 Å². The fourth-order valence-electron chi connectivity index (χ4n) is 14.5. The monoisotopic (exact) mass is 1360 g/mol. The smallest absolute Gasteiger partial charge is 0.227 e. The van der Waals surface area contributed by atoms with Gasteiger partial charge >= 0.3 is 0 Å². The third-order valence-corrected chi connectivity index (χ3v) is 19.7. The maximum Gasteiger partial charge on any atom is 0.227 e. The van der Waals surface area contributed by atoms with E-state index in [2.05, 4.69) is 123 Å². The highest BCUT2D eigenvalue weighted by Crippen LogP contribution is 2.43. The first-order valence-electron chi connectivity index (χ1n) is 41.9. The summed E-state index contributed by atoms with van der Waals surface area (Å²) in [6, 6.07) is 47.0. The summed E-state index contributed by atoms with van der Waals surface area (Å²) >= 11 is 0. The highest BCUT2D eigenvalue weighted by Gasteiger charge is 2.28. The molecule has 0 saturated heterocycles. The highest BCUT2D eigenvalue weighted by atomic mass is 16.4. The molecular formula is C90H92N8O4+4. The molecule has 0 amide bonds. The number of hydrogen-bond donors (Lipinski definition) is 0. The number of benzene rings is 4. The van der Waals surface area contributed by atoms with Crippen molar-refractivity contribution in [2.75, 3.05) is 0 Å². The molecule has 1 atom stereocenters. The first-order valence-corrected chi connectivity index (χ1v) is 34.9. The lowest BCUT2D eigenvalue weighted by molar-refractivity contribution is -0.660. The van der Waals surface area contributed by atoms with Gasteiger partial charge in [-0.1, -0.05) is 87.6 Å². The average molecular weight is 1360 g/mol. The van der Waals surface area contributed by atoms with E-state index in [-0.39, 0.29) is 18.5 Å². The zero-order valence-corrected chi connectivity index (χ0v) is 59.8. The Bertz CT molecular complexity index is 6620. The molecule has 0 bridgehead atoms. The molecule has 2 aliphatic rings. The molecule has 12 nitrogen and oxygen atoms in total. The molecule has 1 unspecified atom stereocenters. The van der Waals surface area contributed by atoms with Crippen LogP contribution in [0, 0.1) is 62.2 Å². The van der Waals surface area contributed by atoms with E-state index in [0.717, 1.165) is 150 Å². The fraction of sp³-hybridized carbons (Fsp3) is 0.289. The lowest BCUT2D eigenvalue weighted by atomic mass is 9.86. The van der Waals surface area contributed by atoms with Gasteiger partial charge in [-0.05, 0) is 189 Å². The second kappa shape index (κ2) is 27.7. The number of aryl methyl sites for hydroxylation is 14. The first-order chi connectivity index (χ1) is 54.7. The molecule has 16 aromatic rings. The summed E-state index contributed by atoms with van der Waals surface area (Å²) in [4.78, 5) is 18.3. The van der Waals surface area contributed by atoms with Gasteiger partial charge in [-0.3, -0.25) is 0 Å². The van der Waals surface area contributed by atoms with Gasteiger partial charge < -0.3 is 17.7 Å². The number of nitrogens with zero attached hydrogens (tertiary/aromatic N) is 8. The number of furan rings is 4. The summed E-state index contributed by atoms with van der Waals surface area (Å²) in [6.07, 6.45) is 4.88. The summed E-state index contributed by atoms with van der Waals surface area (Å²) in [5, 5.41) is 7.53. The molecule has 18 rings (SSSR count). The molecule has 102 heavy (non-hydrogen) atoms. The number of rotatable bonds is 7. The number of aromatic nitrogens is 8. The van der Waals surface area contributed by atoms with Crippen molar-refractivity contribution in [1.82, 2.24) is 19.9 Å². The molecule has 2 saturated carbocycles. The van der Waals surface area contributed by atoms with Crippen LogP contribution in [0.4, 0.5) is 0 Å². The van der Waals surface area contributed by atoms with Gasteiger partial charge in [0, 0.05) is 143 Å². The van der Waals surface area contributed by atoms with Crippen molar-refractivity contribution in [3.05, 3.63) is 238 Å². The van der Waals surface area contributed by atoms with Crippen molar-refractivity contribution in [1.29, 1.82) is 0 Å². The molecule has 0 radical (unpaired) electrons. The van der Waals surface area contributed by atoms with E-state index in [4.69, 9.17) is 36.9 Å². The molecule has 0 aliphatic heterocycles. The zero-order chi connectivity index (χ0) is 83.0. The maximum atomic E-state index is 8.98. The minimum atomic E-state index is -2.13. The Morgan fingerprint density at radius 3 is 1.08 bits per heavy atom. The van der Waals surface area contributed by atoms with Crippen LogP contribution in [0.3, 0.4) is 0 Å². The van der Waals surface area contributed by atoms with E-state index in [1.807, 2.05) is 127 Å². The zero-order valence-electron chi connectivity index (χ0n) is 73.8. The van der Waals surface area contributed by atoms with Crippen LogP contribution >= 0.6 is 0 Å². The van der Waals surface area contributed by atoms with Crippen LogP contribution < -0.4 is 18.3 Å². The Hall–Kier alpha value is -10.7. The summed E-state index contributed by atoms with van der Waals surface area (Å²) in [7, 11) is 7.75. The van der Waals surface area contributed by atoms with E-state index in [9.17, 15) is 0 Å². The SMILES string of the molecule is [2H]C([2H])([2H])c1ccc(-c2c(C)ccc3c2oc2nc(C)ccc23)[n+](C)c1.[2H]C([2H])([2H])c1ccc(-c2c(C)ccc3c2oc2nc(CC)ccc23)[n+](C)c1.[2H]C1([2H])CCCC([2H])([2H])C1([2H])c1ccc2c(n1)oc1c(-c3ccc(C)c[n+]3C)c(C)ccc12.[2H]C1([2H])CCCC1([2H])c1ccc2c(n1)oc1c(-c3ccc(C)c[n+]3C)c(C)ccc12. The maximum absolute atomic E-state index is 8.98. The molecule has 4 aromatic carbocycles. The van der Waals surface area contributed by atoms with E-state index in [1.54, 1.807) is 42.7 Å². The minimum Gasteiger partial charge on any atom is -0.437 e. The molecule has 2 fully saturated rings. The summed E-state index contributed by atoms with van der Waals surface area (Å²) in [5.74, 6) is -3.45.